The van der Waals surface area contributed by atoms with E-state index in [-0.39, 0.29) is 5.92 Å². The molecule has 1 unspecified atom stereocenters. The average molecular weight is 170 g/mol. The average Bonchev–Trinajstić information content (AvgIpc) is 2.36. The fourth-order valence-electron chi connectivity index (χ4n) is 2.53. The predicted molar refractivity (Wildman–Crippen MR) is 38.5 cm³/mol. The Bertz CT molecular complexity index is 252. The second-order valence-electron chi connectivity index (χ2n) is 3.90. The number of fused-ring (bicyclic) bond motifs is 1. The van der Waals surface area contributed by atoms with Gasteiger partial charge in [0.1, 0.15) is 0 Å². The summed E-state index contributed by atoms with van der Waals surface area (Å²) in [5.41, 5.74) is -0.673. The summed E-state index contributed by atoms with van der Waals surface area (Å²) in [6, 6.07) is 0. The molecule has 2 N–H and O–H groups in total. The van der Waals surface area contributed by atoms with E-state index in [1.165, 1.54) is 0 Å². The van der Waals surface area contributed by atoms with Gasteiger partial charge in [0.15, 0.2) is 0 Å². The third-order valence-electron chi connectivity index (χ3n) is 3.26. The molecule has 3 aliphatic carbocycles. The Kier molecular flexibility index (Phi) is 1.26. The fourth-order valence-corrected chi connectivity index (χ4v) is 2.53. The molecule has 3 aliphatic rings. The molecule has 3 fully saturated rings. The van der Waals surface area contributed by atoms with E-state index in [0.717, 1.165) is 0 Å². The van der Waals surface area contributed by atoms with Crippen LogP contribution in [0.2, 0.25) is 0 Å². The number of aliphatic carboxylic acids is 2. The Balaban J connectivity index is 2.15. The van der Waals surface area contributed by atoms with Crippen molar-refractivity contribution in [1.29, 1.82) is 0 Å². The highest BCUT2D eigenvalue weighted by molar-refractivity contribution is 5.81. The van der Waals surface area contributed by atoms with Crippen LogP contribution in [0.1, 0.15) is 19.3 Å². The highest BCUT2D eigenvalue weighted by Gasteiger charge is 2.62. The molecule has 4 heteroatoms. The molecule has 3 saturated carbocycles. The summed E-state index contributed by atoms with van der Waals surface area (Å²) in [5, 5.41) is 17.5. The van der Waals surface area contributed by atoms with Crippen molar-refractivity contribution in [2.45, 2.75) is 19.3 Å². The van der Waals surface area contributed by atoms with Crippen LogP contribution in [0, 0.1) is 17.3 Å². The molecule has 0 aromatic heterocycles. The van der Waals surface area contributed by atoms with Crippen LogP contribution in [0.15, 0.2) is 0 Å². The largest absolute Gasteiger partial charge is 0.481 e. The molecule has 0 aromatic rings. The van der Waals surface area contributed by atoms with Crippen LogP contribution in [0.3, 0.4) is 0 Å². The molecule has 1 atom stereocenters. The van der Waals surface area contributed by atoms with Gasteiger partial charge in [-0.15, -0.1) is 0 Å². The zero-order valence-electron chi connectivity index (χ0n) is 6.49. The Morgan fingerprint density at radius 2 is 1.75 bits per heavy atom. The Morgan fingerprint density at radius 3 is 2.00 bits per heavy atom. The van der Waals surface area contributed by atoms with Crippen molar-refractivity contribution in [3.05, 3.63) is 0 Å². The summed E-state index contributed by atoms with van der Waals surface area (Å²) in [5.74, 6) is -1.93. The van der Waals surface area contributed by atoms with Crippen LogP contribution < -0.4 is 0 Å². The van der Waals surface area contributed by atoms with Crippen LogP contribution in [0.4, 0.5) is 0 Å². The minimum atomic E-state index is -0.833. The first-order valence-corrected chi connectivity index (χ1v) is 4.01. The quantitative estimate of drug-likeness (QED) is 0.635. The van der Waals surface area contributed by atoms with E-state index < -0.39 is 23.3 Å². The molecule has 12 heavy (non-hydrogen) atoms. The van der Waals surface area contributed by atoms with Crippen molar-refractivity contribution in [1.82, 2.24) is 0 Å². The molecule has 0 spiro atoms. The summed E-state index contributed by atoms with van der Waals surface area (Å²) in [7, 11) is 0. The highest BCUT2D eigenvalue weighted by Crippen LogP contribution is 2.61. The first kappa shape index (κ1) is 7.58. The van der Waals surface area contributed by atoms with E-state index >= 15 is 0 Å². The summed E-state index contributed by atoms with van der Waals surface area (Å²) in [6.45, 7) is 0. The molecule has 0 radical (unpaired) electrons. The van der Waals surface area contributed by atoms with E-state index in [0.29, 0.717) is 19.3 Å². The molecule has 66 valence electrons. The molecule has 0 heterocycles. The van der Waals surface area contributed by atoms with Gasteiger partial charge in [0.25, 0.3) is 0 Å². The van der Waals surface area contributed by atoms with Gasteiger partial charge < -0.3 is 10.2 Å². The SMILES string of the molecule is O=C(O)C1CC2(C(=O)O)CC1C2. The lowest BCUT2D eigenvalue weighted by Crippen LogP contribution is -2.36. The van der Waals surface area contributed by atoms with E-state index in [1.807, 2.05) is 0 Å². The predicted octanol–water partition coefficient (Wildman–Crippen LogP) is 0.572. The van der Waals surface area contributed by atoms with Gasteiger partial charge in [-0.3, -0.25) is 9.59 Å². The van der Waals surface area contributed by atoms with Crippen molar-refractivity contribution < 1.29 is 19.8 Å². The van der Waals surface area contributed by atoms with Gasteiger partial charge in [0.05, 0.1) is 11.3 Å². The van der Waals surface area contributed by atoms with Gasteiger partial charge >= 0.3 is 11.9 Å². The van der Waals surface area contributed by atoms with Crippen LogP contribution in [-0.4, -0.2) is 22.2 Å². The minimum absolute atomic E-state index is 0.124. The maximum atomic E-state index is 10.7. The van der Waals surface area contributed by atoms with E-state index in [9.17, 15) is 9.59 Å². The zero-order chi connectivity index (χ0) is 8.93. The third kappa shape index (κ3) is 0.722. The molecule has 2 bridgehead atoms. The lowest BCUT2D eigenvalue weighted by Gasteiger charge is -2.33. The van der Waals surface area contributed by atoms with Gasteiger partial charge in [0, 0.05) is 0 Å². The monoisotopic (exact) mass is 170 g/mol. The number of hydrogen-bond acceptors (Lipinski definition) is 2. The van der Waals surface area contributed by atoms with Crippen molar-refractivity contribution in [3.8, 4) is 0 Å². The minimum Gasteiger partial charge on any atom is -0.481 e. The first-order chi connectivity index (χ1) is 5.55. The lowest BCUT2D eigenvalue weighted by molar-refractivity contribution is -0.153. The highest BCUT2D eigenvalue weighted by atomic mass is 16.4. The second-order valence-corrected chi connectivity index (χ2v) is 3.90. The molecule has 0 aliphatic heterocycles. The van der Waals surface area contributed by atoms with E-state index in [1.54, 1.807) is 0 Å². The normalized spacial score (nSPS) is 43.7. The fraction of sp³-hybridized carbons (Fsp3) is 0.750. The molecular formula is C8H10O4. The Labute approximate surface area is 69.2 Å². The standard InChI is InChI=1S/C8H10O4/c9-6(10)5-3-8(7(11)12)1-4(5)2-8/h4-5H,1-3H2,(H,9,10)(H,11,12). The van der Waals surface area contributed by atoms with Crippen molar-refractivity contribution >= 4 is 11.9 Å². The molecule has 4 nitrogen and oxygen atoms in total. The van der Waals surface area contributed by atoms with Gasteiger partial charge in [-0.2, -0.15) is 0 Å². The Morgan fingerprint density at radius 1 is 1.17 bits per heavy atom. The Hall–Kier alpha value is -1.06. The van der Waals surface area contributed by atoms with E-state index in [2.05, 4.69) is 0 Å². The molecule has 0 amide bonds. The van der Waals surface area contributed by atoms with Crippen molar-refractivity contribution in [2.24, 2.45) is 17.3 Å². The smallest absolute Gasteiger partial charge is 0.309 e. The van der Waals surface area contributed by atoms with Crippen molar-refractivity contribution in [3.63, 3.8) is 0 Å². The van der Waals surface area contributed by atoms with Gasteiger partial charge in [-0.05, 0) is 25.2 Å². The topological polar surface area (TPSA) is 74.6 Å². The number of carboxylic acid groups (broad SMARTS) is 2. The number of hydrogen-bond donors (Lipinski definition) is 2. The summed E-state index contributed by atoms with van der Waals surface area (Å²) in [4.78, 5) is 21.3. The maximum absolute atomic E-state index is 10.7. The van der Waals surface area contributed by atoms with Crippen molar-refractivity contribution in [2.75, 3.05) is 0 Å². The molecular weight excluding hydrogens is 160 g/mol. The van der Waals surface area contributed by atoms with Crippen LogP contribution in [0.25, 0.3) is 0 Å². The number of carboxylic acids is 2. The van der Waals surface area contributed by atoms with Crippen LogP contribution in [-0.2, 0) is 9.59 Å². The zero-order valence-corrected chi connectivity index (χ0v) is 6.49. The lowest BCUT2D eigenvalue weighted by atomic mass is 9.69. The first-order valence-electron chi connectivity index (χ1n) is 4.01. The van der Waals surface area contributed by atoms with Gasteiger partial charge in [-0.1, -0.05) is 0 Å². The second kappa shape index (κ2) is 2.00. The number of carbonyl (C=O) groups is 2. The van der Waals surface area contributed by atoms with Crippen LogP contribution in [0.5, 0.6) is 0 Å². The third-order valence-corrected chi connectivity index (χ3v) is 3.26. The number of rotatable bonds is 2. The summed E-state index contributed by atoms with van der Waals surface area (Å²) >= 11 is 0. The van der Waals surface area contributed by atoms with Crippen LogP contribution >= 0.6 is 0 Å². The van der Waals surface area contributed by atoms with Gasteiger partial charge in [-0.25, -0.2) is 0 Å². The summed E-state index contributed by atoms with van der Waals surface area (Å²) < 4.78 is 0. The molecule has 0 saturated heterocycles. The van der Waals surface area contributed by atoms with E-state index in [4.69, 9.17) is 10.2 Å². The van der Waals surface area contributed by atoms with Gasteiger partial charge in [0.2, 0.25) is 0 Å². The molecule has 0 aromatic carbocycles. The summed E-state index contributed by atoms with van der Waals surface area (Å²) in [6.07, 6.45) is 1.47. The molecule has 3 rings (SSSR count). The maximum Gasteiger partial charge on any atom is 0.309 e.